The van der Waals surface area contributed by atoms with Gasteiger partial charge in [0, 0.05) is 29.8 Å². The molecule has 0 amide bonds. The molecule has 0 unspecified atom stereocenters. The number of halogens is 1. The highest BCUT2D eigenvalue weighted by Gasteiger charge is 2.38. The molecule has 0 radical (unpaired) electrons. The maximum Gasteiger partial charge on any atom is 0.153 e. The molecule has 106 valence electrons. The molecule has 4 nitrogen and oxygen atoms in total. The lowest BCUT2D eigenvalue weighted by Gasteiger charge is -2.40. The fourth-order valence-electron chi connectivity index (χ4n) is 2.83. The largest absolute Gasteiger partial charge is 0.382 e. The maximum atomic E-state index is 6.07. The molecule has 1 aromatic carbocycles. The molecule has 0 bridgehead atoms. The molecule has 3 rings (SSSR count). The van der Waals surface area contributed by atoms with E-state index in [1.54, 1.807) is 7.11 Å². The number of benzene rings is 1. The Kier molecular flexibility index (Phi) is 3.44. The van der Waals surface area contributed by atoms with Crippen molar-refractivity contribution >= 4 is 17.4 Å². The fourth-order valence-corrected chi connectivity index (χ4v) is 3.02. The molecule has 3 N–H and O–H groups in total. The van der Waals surface area contributed by atoms with E-state index in [4.69, 9.17) is 22.1 Å². The van der Waals surface area contributed by atoms with Crippen molar-refractivity contribution < 1.29 is 4.74 Å². The van der Waals surface area contributed by atoms with Crippen LogP contribution in [0.3, 0.4) is 0 Å². The lowest BCUT2D eigenvalue weighted by molar-refractivity contribution is -0.0713. The Morgan fingerprint density at radius 3 is 2.85 bits per heavy atom. The van der Waals surface area contributed by atoms with Crippen LogP contribution in [0.2, 0.25) is 5.02 Å². The third-order valence-electron chi connectivity index (χ3n) is 4.18. The zero-order valence-corrected chi connectivity index (χ0v) is 12.2. The quantitative estimate of drug-likeness (QED) is 0.907. The van der Waals surface area contributed by atoms with Gasteiger partial charge in [0.1, 0.15) is 0 Å². The molecule has 5 heteroatoms. The van der Waals surface area contributed by atoms with E-state index < -0.39 is 0 Å². The highest BCUT2D eigenvalue weighted by Crippen LogP contribution is 2.40. The second-order valence-electron chi connectivity index (χ2n) is 5.39. The number of hydrogen-bond donors (Lipinski definition) is 2. The van der Waals surface area contributed by atoms with Crippen LogP contribution < -0.4 is 5.73 Å². The smallest absolute Gasteiger partial charge is 0.153 e. The van der Waals surface area contributed by atoms with Gasteiger partial charge in [0.15, 0.2) is 5.82 Å². The van der Waals surface area contributed by atoms with Crippen LogP contribution in [-0.4, -0.2) is 22.9 Å². The molecular formula is C15H18ClN3O. The van der Waals surface area contributed by atoms with Crippen LogP contribution in [-0.2, 0) is 11.2 Å². The average molecular weight is 292 g/mol. The average Bonchev–Trinajstić information content (AvgIpc) is 2.75. The third-order valence-corrected chi connectivity index (χ3v) is 4.41. The summed E-state index contributed by atoms with van der Waals surface area (Å²) < 4.78 is 5.69. The predicted octanol–water partition coefficient (Wildman–Crippen LogP) is 3.42. The van der Waals surface area contributed by atoms with Gasteiger partial charge < -0.3 is 10.5 Å². The number of hydrogen-bond acceptors (Lipinski definition) is 3. The monoisotopic (exact) mass is 291 g/mol. The zero-order valence-electron chi connectivity index (χ0n) is 11.4. The van der Waals surface area contributed by atoms with Crippen molar-refractivity contribution in [2.24, 2.45) is 0 Å². The minimum Gasteiger partial charge on any atom is -0.382 e. The Balaban J connectivity index is 1.97. The van der Waals surface area contributed by atoms with Crippen LogP contribution in [0.5, 0.6) is 0 Å². The first-order chi connectivity index (χ1) is 9.63. The molecule has 1 aliphatic carbocycles. The van der Waals surface area contributed by atoms with Crippen LogP contribution >= 0.6 is 11.6 Å². The molecule has 1 saturated carbocycles. The van der Waals surface area contributed by atoms with Gasteiger partial charge in [-0.1, -0.05) is 23.7 Å². The summed E-state index contributed by atoms with van der Waals surface area (Å²) in [5, 5.41) is 7.90. The van der Waals surface area contributed by atoms with Gasteiger partial charge in [-0.3, -0.25) is 5.10 Å². The van der Waals surface area contributed by atoms with Crippen LogP contribution in [0.1, 0.15) is 25.0 Å². The van der Waals surface area contributed by atoms with E-state index in [0.717, 1.165) is 36.1 Å². The molecule has 1 aliphatic rings. The number of H-pyrrole nitrogens is 1. The standard InChI is InChI=1S/C15H18ClN3O/c1-20-15(6-3-7-15)9-12-13(14(17)19-18-12)10-4-2-5-11(16)8-10/h2,4-5,8H,3,6-7,9H2,1H3,(H3,17,18,19). The zero-order chi connectivity index (χ0) is 14.2. The molecular weight excluding hydrogens is 274 g/mol. The Morgan fingerprint density at radius 1 is 1.45 bits per heavy atom. The molecule has 20 heavy (non-hydrogen) atoms. The Bertz CT molecular complexity index is 614. The number of rotatable bonds is 4. The first-order valence-corrected chi connectivity index (χ1v) is 7.15. The summed E-state index contributed by atoms with van der Waals surface area (Å²) in [5.74, 6) is 0.507. The summed E-state index contributed by atoms with van der Waals surface area (Å²) in [4.78, 5) is 0. The number of aromatic nitrogens is 2. The lowest BCUT2D eigenvalue weighted by Crippen LogP contribution is -2.41. The molecule has 0 saturated heterocycles. The molecule has 0 aliphatic heterocycles. The first-order valence-electron chi connectivity index (χ1n) is 6.77. The molecule has 2 aromatic rings. The number of anilines is 1. The van der Waals surface area contributed by atoms with Crippen molar-refractivity contribution in [2.45, 2.75) is 31.3 Å². The number of nitrogens with zero attached hydrogens (tertiary/aromatic N) is 1. The highest BCUT2D eigenvalue weighted by atomic mass is 35.5. The van der Waals surface area contributed by atoms with Crippen LogP contribution in [0.15, 0.2) is 24.3 Å². The van der Waals surface area contributed by atoms with Gasteiger partial charge in [-0.15, -0.1) is 0 Å². The van der Waals surface area contributed by atoms with Crippen LogP contribution in [0, 0.1) is 0 Å². The van der Waals surface area contributed by atoms with Gasteiger partial charge >= 0.3 is 0 Å². The number of methoxy groups -OCH3 is 1. The minimum atomic E-state index is -0.0632. The molecule has 1 heterocycles. The molecule has 0 atom stereocenters. The summed E-state index contributed by atoms with van der Waals surface area (Å²) in [6.07, 6.45) is 4.17. The highest BCUT2D eigenvalue weighted by molar-refractivity contribution is 6.30. The summed E-state index contributed by atoms with van der Waals surface area (Å²) in [5.41, 5.74) is 8.90. The fraction of sp³-hybridized carbons (Fsp3) is 0.400. The second-order valence-corrected chi connectivity index (χ2v) is 5.83. The van der Waals surface area contributed by atoms with Crippen molar-refractivity contribution in [2.75, 3.05) is 12.8 Å². The van der Waals surface area contributed by atoms with Crippen molar-refractivity contribution in [3.8, 4) is 11.1 Å². The molecule has 1 fully saturated rings. The van der Waals surface area contributed by atoms with E-state index >= 15 is 0 Å². The predicted molar refractivity (Wildman–Crippen MR) is 80.7 cm³/mol. The van der Waals surface area contributed by atoms with E-state index in [2.05, 4.69) is 10.2 Å². The van der Waals surface area contributed by atoms with Gasteiger partial charge in [0.05, 0.1) is 5.60 Å². The summed E-state index contributed by atoms with van der Waals surface area (Å²) in [7, 11) is 1.78. The van der Waals surface area contributed by atoms with Gasteiger partial charge in [-0.2, -0.15) is 5.10 Å². The number of nitrogen functional groups attached to an aromatic ring is 1. The van der Waals surface area contributed by atoms with E-state index in [0.29, 0.717) is 10.8 Å². The summed E-state index contributed by atoms with van der Waals surface area (Å²) in [6.45, 7) is 0. The van der Waals surface area contributed by atoms with E-state index in [1.807, 2.05) is 24.3 Å². The van der Waals surface area contributed by atoms with Gasteiger partial charge in [-0.25, -0.2) is 0 Å². The summed E-state index contributed by atoms with van der Waals surface area (Å²) in [6, 6.07) is 7.68. The van der Waals surface area contributed by atoms with Crippen molar-refractivity contribution in [3.05, 3.63) is 35.0 Å². The number of nitrogens with two attached hydrogens (primary N) is 1. The molecule has 1 aromatic heterocycles. The number of ether oxygens (including phenoxy) is 1. The van der Waals surface area contributed by atoms with Crippen molar-refractivity contribution in [1.82, 2.24) is 10.2 Å². The van der Waals surface area contributed by atoms with Gasteiger partial charge in [0.25, 0.3) is 0 Å². The molecule has 0 spiro atoms. The van der Waals surface area contributed by atoms with Crippen LogP contribution in [0.25, 0.3) is 11.1 Å². The van der Waals surface area contributed by atoms with Crippen LogP contribution in [0.4, 0.5) is 5.82 Å². The Morgan fingerprint density at radius 2 is 2.25 bits per heavy atom. The van der Waals surface area contributed by atoms with E-state index in [-0.39, 0.29) is 5.60 Å². The normalized spacial score (nSPS) is 16.9. The SMILES string of the molecule is COC1(Cc2[nH]nc(N)c2-c2cccc(Cl)c2)CCC1. The summed E-state index contributed by atoms with van der Waals surface area (Å²) >= 11 is 6.07. The van der Waals surface area contributed by atoms with E-state index in [9.17, 15) is 0 Å². The third kappa shape index (κ3) is 2.30. The number of nitrogens with one attached hydrogen (secondary N) is 1. The topological polar surface area (TPSA) is 63.9 Å². The number of aromatic amines is 1. The van der Waals surface area contributed by atoms with Gasteiger partial charge in [0.2, 0.25) is 0 Å². The lowest BCUT2D eigenvalue weighted by atomic mass is 9.76. The second kappa shape index (κ2) is 5.11. The maximum absolute atomic E-state index is 6.07. The Labute approximate surface area is 123 Å². The van der Waals surface area contributed by atoms with Crippen molar-refractivity contribution in [1.29, 1.82) is 0 Å². The first kappa shape index (κ1) is 13.5. The Hall–Kier alpha value is -1.52. The van der Waals surface area contributed by atoms with Crippen molar-refractivity contribution in [3.63, 3.8) is 0 Å². The minimum absolute atomic E-state index is 0.0632. The van der Waals surface area contributed by atoms with E-state index in [1.165, 1.54) is 6.42 Å². The van der Waals surface area contributed by atoms with Gasteiger partial charge in [-0.05, 0) is 37.0 Å².